The normalized spacial score (nSPS) is 10.6. The first-order valence-electron chi connectivity index (χ1n) is 5.78. The van der Waals surface area contributed by atoms with Crippen molar-refractivity contribution in [2.75, 3.05) is 0 Å². The van der Waals surface area contributed by atoms with Gasteiger partial charge in [0, 0.05) is 15.7 Å². The number of carboxylic acids is 1. The van der Waals surface area contributed by atoms with E-state index in [-0.39, 0.29) is 12.1 Å². The van der Waals surface area contributed by atoms with Crippen molar-refractivity contribution in [2.24, 2.45) is 0 Å². The highest BCUT2D eigenvalue weighted by molar-refractivity contribution is 9.10. The van der Waals surface area contributed by atoms with Crippen molar-refractivity contribution in [1.82, 2.24) is 4.57 Å². The highest BCUT2D eigenvalue weighted by Crippen LogP contribution is 2.16. The molecule has 0 saturated carbocycles. The van der Waals surface area contributed by atoms with Crippen molar-refractivity contribution in [3.8, 4) is 0 Å². The largest absolute Gasteiger partial charge is 0.477 e. The summed E-state index contributed by atoms with van der Waals surface area (Å²) in [6, 6.07) is 7.31. The fraction of sp³-hybridized carbons (Fsp3) is 0.143. The Hall–Kier alpha value is -1.95. The highest BCUT2D eigenvalue weighted by atomic mass is 79.9. The Morgan fingerprint density at radius 2 is 2.05 bits per heavy atom. The third-order valence-electron chi connectivity index (χ3n) is 2.97. The van der Waals surface area contributed by atoms with E-state index >= 15 is 0 Å². The molecule has 1 heterocycles. The van der Waals surface area contributed by atoms with Crippen molar-refractivity contribution >= 4 is 21.9 Å². The number of aromatic nitrogens is 1. The lowest BCUT2D eigenvalue weighted by Gasteiger charge is -2.11. The summed E-state index contributed by atoms with van der Waals surface area (Å²) in [5.41, 5.74) is -0.0730. The predicted octanol–water partition coefficient (Wildman–Crippen LogP) is 2.80. The second-order valence-corrected chi connectivity index (χ2v) is 5.24. The molecule has 0 aliphatic heterocycles. The topological polar surface area (TPSA) is 59.3 Å². The first kappa shape index (κ1) is 14.5. The molecular formula is C14H11BrFNO3. The summed E-state index contributed by atoms with van der Waals surface area (Å²) in [4.78, 5) is 23.0. The van der Waals surface area contributed by atoms with Gasteiger partial charge >= 0.3 is 5.97 Å². The van der Waals surface area contributed by atoms with Crippen LogP contribution in [0.5, 0.6) is 0 Å². The molecule has 0 unspecified atom stereocenters. The van der Waals surface area contributed by atoms with Gasteiger partial charge in [-0.25, -0.2) is 9.18 Å². The lowest BCUT2D eigenvalue weighted by atomic mass is 10.2. The van der Waals surface area contributed by atoms with E-state index in [0.29, 0.717) is 15.7 Å². The molecule has 0 saturated heterocycles. The van der Waals surface area contributed by atoms with Gasteiger partial charge in [0.1, 0.15) is 11.4 Å². The maximum absolute atomic E-state index is 13.8. The zero-order valence-electron chi connectivity index (χ0n) is 10.6. The van der Waals surface area contributed by atoms with Crippen molar-refractivity contribution in [2.45, 2.75) is 13.5 Å². The number of aromatic carboxylic acids is 1. The Morgan fingerprint density at radius 3 is 2.65 bits per heavy atom. The summed E-state index contributed by atoms with van der Waals surface area (Å²) in [6.45, 7) is 1.66. The monoisotopic (exact) mass is 339 g/mol. The number of aryl methyl sites for hydroxylation is 1. The maximum atomic E-state index is 13.8. The molecule has 0 aliphatic rings. The van der Waals surface area contributed by atoms with Gasteiger partial charge in [0.15, 0.2) is 0 Å². The minimum atomic E-state index is -1.29. The molecule has 6 heteroatoms. The van der Waals surface area contributed by atoms with Crippen LogP contribution >= 0.6 is 15.9 Å². The summed E-state index contributed by atoms with van der Waals surface area (Å²) in [6.07, 6.45) is 0. The van der Waals surface area contributed by atoms with Crippen LogP contribution in [0.25, 0.3) is 0 Å². The van der Waals surface area contributed by atoms with E-state index in [1.807, 2.05) is 0 Å². The molecular weight excluding hydrogens is 329 g/mol. The van der Waals surface area contributed by atoms with Gasteiger partial charge in [-0.1, -0.05) is 22.0 Å². The van der Waals surface area contributed by atoms with E-state index < -0.39 is 17.3 Å². The van der Waals surface area contributed by atoms with Gasteiger partial charge in [-0.3, -0.25) is 4.79 Å². The number of carboxylic acid groups (broad SMARTS) is 1. The van der Waals surface area contributed by atoms with Crippen molar-refractivity contribution in [3.05, 3.63) is 67.8 Å². The Kier molecular flexibility index (Phi) is 4.04. The highest BCUT2D eigenvalue weighted by Gasteiger charge is 2.13. The van der Waals surface area contributed by atoms with Crippen molar-refractivity contribution in [1.29, 1.82) is 0 Å². The first-order valence-corrected chi connectivity index (χ1v) is 6.57. The molecule has 104 valence electrons. The summed E-state index contributed by atoms with van der Waals surface area (Å²) >= 11 is 3.16. The van der Waals surface area contributed by atoms with Crippen LogP contribution in [0.4, 0.5) is 4.39 Å². The average Bonchev–Trinajstić information content (AvgIpc) is 2.36. The minimum Gasteiger partial charge on any atom is -0.477 e. The third-order valence-corrected chi connectivity index (χ3v) is 3.46. The van der Waals surface area contributed by atoms with Gasteiger partial charge in [-0.2, -0.15) is 0 Å². The Bertz CT molecular complexity index is 740. The lowest BCUT2D eigenvalue weighted by molar-refractivity contribution is 0.0694. The molecule has 0 amide bonds. The lowest BCUT2D eigenvalue weighted by Crippen LogP contribution is -2.28. The summed E-state index contributed by atoms with van der Waals surface area (Å²) in [7, 11) is 0. The van der Waals surface area contributed by atoms with Gasteiger partial charge in [0.2, 0.25) is 0 Å². The van der Waals surface area contributed by atoms with E-state index in [0.717, 1.165) is 0 Å². The van der Waals surface area contributed by atoms with Crippen LogP contribution in [0.1, 0.15) is 21.6 Å². The molecule has 4 nitrogen and oxygen atoms in total. The third kappa shape index (κ3) is 2.80. The molecule has 0 atom stereocenters. The number of nitrogens with zero attached hydrogens (tertiary/aromatic N) is 1. The van der Waals surface area contributed by atoms with Crippen LogP contribution in [0.3, 0.4) is 0 Å². The Balaban J connectivity index is 2.51. The maximum Gasteiger partial charge on any atom is 0.341 e. The molecule has 0 aliphatic carbocycles. The second kappa shape index (κ2) is 5.58. The van der Waals surface area contributed by atoms with Crippen LogP contribution in [0.2, 0.25) is 0 Å². The molecule has 20 heavy (non-hydrogen) atoms. The van der Waals surface area contributed by atoms with Gasteiger partial charge in [0.05, 0.1) is 6.54 Å². The molecule has 1 aromatic carbocycles. The molecule has 1 aromatic heterocycles. The molecule has 0 fully saturated rings. The molecule has 0 spiro atoms. The van der Waals surface area contributed by atoms with E-state index in [1.165, 1.54) is 22.8 Å². The van der Waals surface area contributed by atoms with Crippen molar-refractivity contribution < 1.29 is 14.3 Å². The predicted molar refractivity (Wildman–Crippen MR) is 75.6 cm³/mol. The smallest absolute Gasteiger partial charge is 0.341 e. The molecule has 0 radical (unpaired) electrons. The Labute approximate surface area is 122 Å². The molecule has 2 aromatic rings. The van der Waals surface area contributed by atoms with Crippen LogP contribution in [0, 0.1) is 12.7 Å². The van der Waals surface area contributed by atoms with Gasteiger partial charge in [0.25, 0.3) is 5.56 Å². The number of hydrogen-bond acceptors (Lipinski definition) is 2. The standard InChI is InChI=1S/C14H11BrFNO3/c1-8-2-5-11(14(19)20)13(18)17(8)7-9-3-4-10(15)6-12(9)16/h2-6H,7H2,1H3,(H,19,20). The first-order chi connectivity index (χ1) is 9.40. The number of halogens is 2. The van der Waals surface area contributed by atoms with E-state index in [1.54, 1.807) is 19.1 Å². The van der Waals surface area contributed by atoms with Gasteiger partial charge in [-0.15, -0.1) is 0 Å². The summed E-state index contributed by atoms with van der Waals surface area (Å²) in [5, 5.41) is 8.94. The summed E-state index contributed by atoms with van der Waals surface area (Å²) in [5.74, 6) is -1.74. The zero-order chi connectivity index (χ0) is 14.9. The number of benzene rings is 1. The van der Waals surface area contributed by atoms with Gasteiger partial charge in [-0.05, 0) is 31.2 Å². The van der Waals surface area contributed by atoms with Crippen molar-refractivity contribution in [3.63, 3.8) is 0 Å². The zero-order valence-corrected chi connectivity index (χ0v) is 12.1. The van der Waals surface area contributed by atoms with Crippen LogP contribution in [0.15, 0.2) is 39.6 Å². The average molecular weight is 340 g/mol. The minimum absolute atomic E-state index is 0.00903. The Morgan fingerprint density at radius 1 is 1.35 bits per heavy atom. The fourth-order valence-corrected chi connectivity index (χ4v) is 2.18. The van der Waals surface area contributed by atoms with E-state index in [9.17, 15) is 14.0 Å². The second-order valence-electron chi connectivity index (χ2n) is 4.32. The summed E-state index contributed by atoms with van der Waals surface area (Å²) < 4.78 is 15.6. The molecule has 1 N–H and O–H groups in total. The van der Waals surface area contributed by atoms with Crippen LogP contribution in [-0.4, -0.2) is 15.6 Å². The number of hydrogen-bond donors (Lipinski definition) is 1. The quantitative estimate of drug-likeness (QED) is 0.935. The molecule has 2 rings (SSSR count). The van der Waals surface area contributed by atoms with Crippen LogP contribution in [-0.2, 0) is 6.54 Å². The van der Waals surface area contributed by atoms with E-state index in [4.69, 9.17) is 5.11 Å². The van der Waals surface area contributed by atoms with E-state index in [2.05, 4.69) is 15.9 Å². The number of pyridine rings is 1. The van der Waals surface area contributed by atoms with Gasteiger partial charge < -0.3 is 9.67 Å². The number of carbonyl (C=O) groups is 1. The SMILES string of the molecule is Cc1ccc(C(=O)O)c(=O)n1Cc1ccc(Br)cc1F. The number of rotatable bonds is 3. The molecule has 0 bridgehead atoms. The fourth-order valence-electron chi connectivity index (χ4n) is 1.85. The van der Waals surface area contributed by atoms with Crippen LogP contribution < -0.4 is 5.56 Å².